The highest BCUT2D eigenvalue weighted by atomic mass is 35.5. The van der Waals surface area contributed by atoms with E-state index in [0.29, 0.717) is 75.4 Å². The molecule has 54 heavy (non-hydrogen) atoms. The number of likely N-dealkylation sites (tertiary alicyclic amines) is 2. The summed E-state index contributed by atoms with van der Waals surface area (Å²) >= 11 is 6.01. The summed E-state index contributed by atoms with van der Waals surface area (Å²) in [5.74, 6) is -0.174. The molecule has 2 saturated heterocycles. The van der Waals surface area contributed by atoms with Gasteiger partial charge in [0.1, 0.15) is 12.5 Å². The van der Waals surface area contributed by atoms with Crippen LogP contribution in [-0.2, 0) is 22.4 Å². The Bertz CT molecular complexity index is 1810. The number of rotatable bonds is 17. The Kier molecular flexibility index (Phi) is 13.9. The number of hydrogen-bond acceptors (Lipinski definition) is 8. The van der Waals surface area contributed by atoms with E-state index in [0.717, 1.165) is 44.3 Å². The molecule has 4 heterocycles. The lowest BCUT2D eigenvalue weighted by atomic mass is 9.76. The minimum Gasteiger partial charge on any atom is -0.442 e. The van der Waals surface area contributed by atoms with Gasteiger partial charge in [0.15, 0.2) is 0 Å². The fourth-order valence-electron chi connectivity index (χ4n) is 8.20. The van der Waals surface area contributed by atoms with Crippen LogP contribution in [0.4, 0.5) is 0 Å². The number of carbonyl (C=O) groups excluding carboxylic acids is 4. The molecule has 10 nitrogen and oxygen atoms in total. The van der Waals surface area contributed by atoms with E-state index in [2.05, 4.69) is 29.0 Å². The number of piperidine rings is 2. The van der Waals surface area contributed by atoms with Crippen LogP contribution in [0.1, 0.15) is 102 Å². The number of benzene rings is 2. The lowest BCUT2D eigenvalue weighted by Gasteiger charge is -2.36. The molecule has 0 saturated carbocycles. The van der Waals surface area contributed by atoms with Crippen LogP contribution in [0, 0.1) is 30.6 Å². The first-order valence-electron chi connectivity index (χ1n) is 19.5. The van der Waals surface area contributed by atoms with Crippen molar-refractivity contribution < 1.29 is 28.0 Å². The van der Waals surface area contributed by atoms with Crippen LogP contribution in [0.3, 0.4) is 0 Å². The van der Waals surface area contributed by atoms with Crippen molar-refractivity contribution in [2.24, 2.45) is 23.7 Å². The second-order valence-electron chi connectivity index (χ2n) is 15.0. The number of oxazole rings is 2. The number of aromatic nitrogens is 2. The van der Waals surface area contributed by atoms with E-state index in [-0.39, 0.29) is 47.0 Å². The maximum Gasteiger partial charge on any atom is 0.263 e. The van der Waals surface area contributed by atoms with Crippen LogP contribution in [0.5, 0.6) is 0 Å². The van der Waals surface area contributed by atoms with E-state index in [1.54, 1.807) is 0 Å². The third-order valence-corrected chi connectivity index (χ3v) is 11.8. The van der Waals surface area contributed by atoms with Crippen LogP contribution in [-0.4, -0.2) is 69.3 Å². The van der Waals surface area contributed by atoms with E-state index < -0.39 is 5.92 Å². The molecule has 2 aliphatic heterocycles. The van der Waals surface area contributed by atoms with Crippen molar-refractivity contribution >= 4 is 35.0 Å². The van der Waals surface area contributed by atoms with E-state index >= 15 is 0 Å². The average molecular weight is 755 g/mol. The normalized spacial score (nSPS) is 16.6. The summed E-state index contributed by atoms with van der Waals surface area (Å²) in [6.07, 6.45) is 13.7. The zero-order chi connectivity index (χ0) is 37.9. The first-order valence-corrected chi connectivity index (χ1v) is 19.8. The molecule has 2 atom stereocenters. The molecule has 11 heteroatoms. The molecule has 2 aromatic heterocycles. The molecular formula is C43H51ClN4O6. The summed E-state index contributed by atoms with van der Waals surface area (Å²) in [6, 6.07) is 15.8. The molecular weight excluding hydrogens is 704 g/mol. The molecule has 0 radical (unpaired) electrons. The smallest absolute Gasteiger partial charge is 0.263 e. The molecule has 0 N–H and O–H groups in total. The minimum absolute atomic E-state index is 0.0230. The van der Waals surface area contributed by atoms with Gasteiger partial charge in [-0.15, -0.1) is 0 Å². The number of hydrogen-bond donors (Lipinski definition) is 0. The van der Waals surface area contributed by atoms with Gasteiger partial charge in [0, 0.05) is 55.9 Å². The molecule has 0 spiro atoms. The van der Waals surface area contributed by atoms with Crippen LogP contribution in [0.15, 0.2) is 82.3 Å². The number of carbonyl (C=O) groups is 4. The number of amides is 2. The van der Waals surface area contributed by atoms with E-state index in [9.17, 15) is 19.2 Å². The van der Waals surface area contributed by atoms with Gasteiger partial charge in [0.05, 0.1) is 12.4 Å². The summed E-state index contributed by atoms with van der Waals surface area (Å²) in [5, 5.41) is 0.671. The molecule has 2 aliphatic rings. The first-order chi connectivity index (χ1) is 26.2. The summed E-state index contributed by atoms with van der Waals surface area (Å²) in [6.45, 7) is 4.69. The molecule has 2 unspecified atom stereocenters. The lowest BCUT2D eigenvalue weighted by molar-refractivity contribution is -0.133. The van der Waals surface area contributed by atoms with Crippen molar-refractivity contribution in [2.75, 3.05) is 26.2 Å². The van der Waals surface area contributed by atoms with Crippen LogP contribution in [0.2, 0.25) is 5.02 Å². The minimum atomic E-state index is -0.399. The second kappa shape index (κ2) is 19.1. The van der Waals surface area contributed by atoms with Gasteiger partial charge < -0.3 is 18.6 Å². The Morgan fingerprint density at radius 2 is 1.33 bits per heavy atom. The highest BCUT2D eigenvalue weighted by Gasteiger charge is 2.36. The van der Waals surface area contributed by atoms with E-state index in [1.165, 1.54) is 36.0 Å². The van der Waals surface area contributed by atoms with Gasteiger partial charge in [0.2, 0.25) is 23.4 Å². The summed E-state index contributed by atoms with van der Waals surface area (Å²) < 4.78 is 10.9. The molecule has 0 bridgehead atoms. The highest BCUT2D eigenvalue weighted by molar-refractivity contribution is 6.30. The fourth-order valence-corrected chi connectivity index (χ4v) is 8.33. The van der Waals surface area contributed by atoms with Gasteiger partial charge in [-0.3, -0.25) is 19.2 Å². The summed E-state index contributed by atoms with van der Waals surface area (Å²) in [7, 11) is 0. The topological polar surface area (TPSA) is 127 Å². The predicted molar refractivity (Wildman–Crippen MR) is 205 cm³/mol. The van der Waals surface area contributed by atoms with Crippen molar-refractivity contribution in [1.29, 1.82) is 0 Å². The molecule has 0 aliphatic carbocycles. The van der Waals surface area contributed by atoms with Crippen molar-refractivity contribution in [2.45, 2.75) is 84.0 Å². The van der Waals surface area contributed by atoms with Crippen LogP contribution >= 0.6 is 11.6 Å². The maximum absolute atomic E-state index is 13.9. The Labute approximate surface area is 322 Å². The zero-order valence-corrected chi connectivity index (χ0v) is 31.9. The van der Waals surface area contributed by atoms with Gasteiger partial charge in [-0.25, -0.2) is 9.97 Å². The number of nitrogens with zero attached hydrogens (tertiary/aromatic N) is 4. The van der Waals surface area contributed by atoms with Gasteiger partial charge in [-0.1, -0.05) is 48.0 Å². The van der Waals surface area contributed by atoms with E-state index in [4.69, 9.17) is 20.4 Å². The predicted octanol–water partition coefficient (Wildman–Crippen LogP) is 8.23. The second-order valence-corrected chi connectivity index (χ2v) is 15.4. The van der Waals surface area contributed by atoms with E-state index in [1.807, 2.05) is 46.2 Å². The van der Waals surface area contributed by atoms with Crippen LogP contribution in [0.25, 0.3) is 0 Å². The molecule has 2 amide bonds. The average Bonchev–Trinajstić information content (AvgIpc) is 3.95. The third kappa shape index (κ3) is 10.6. The Morgan fingerprint density at radius 3 is 1.94 bits per heavy atom. The number of ketones is 2. The molecule has 2 aromatic carbocycles. The maximum atomic E-state index is 13.9. The van der Waals surface area contributed by atoms with Crippen molar-refractivity contribution in [1.82, 2.24) is 19.8 Å². The largest absolute Gasteiger partial charge is 0.442 e. The molecule has 4 aromatic rings. The number of Topliss-reactive ketones (excluding diaryl/α,β-unsaturated/α-hetero) is 2. The van der Waals surface area contributed by atoms with Crippen molar-refractivity contribution in [3.05, 3.63) is 107 Å². The Balaban J connectivity index is 1.03. The van der Waals surface area contributed by atoms with Crippen LogP contribution < -0.4 is 0 Å². The standard InChI is InChI=1S/C43H51ClN4O6/c1-30-4-2-3-5-33(30)12-17-39(50)47-24-18-32(19-25-47)6-10-35(40(51)42-45-22-28-53-42)11-15-37(41(52)43-46-23-29-54-43)34-20-26-48(27-21-34)38(49)16-9-31-7-13-36(44)14-8-31/h2-5,7-8,13-14,22-23,28-29,32,34-35,37H,6,9-12,15-21,24-27H2,1H3. The van der Waals surface area contributed by atoms with Gasteiger partial charge in [-0.05, 0) is 112 Å². The molecule has 2 fully saturated rings. The van der Waals surface area contributed by atoms with Gasteiger partial charge in [-0.2, -0.15) is 0 Å². The number of halogens is 1. The van der Waals surface area contributed by atoms with Gasteiger partial charge >= 0.3 is 0 Å². The zero-order valence-electron chi connectivity index (χ0n) is 31.2. The Morgan fingerprint density at radius 1 is 0.741 bits per heavy atom. The SMILES string of the molecule is Cc1ccccc1CCC(=O)N1CCC(CCC(CCC(C(=O)c2ncco2)C2CCN(C(=O)CCc3ccc(Cl)cc3)CC2)C(=O)c2ncco2)CC1. The number of aryl methyl sites for hydroxylation is 3. The first kappa shape index (κ1) is 39.1. The third-order valence-electron chi connectivity index (χ3n) is 11.6. The van der Waals surface area contributed by atoms with Crippen molar-refractivity contribution in [3.63, 3.8) is 0 Å². The van der Waals surface area contributed by atoms with Crippen molar-refractivity contribution in [3.8, 4) is 0 Å². The molecule has 6 rings (SSSR count). The summed E-state index contributed by atoms with van der Waals surface area (Å²) in [5.41, 5.74) is 3.50. The highest BCUT2D eigenvalue weighted by Crippen LogP contribution is 2.35. The summed E-state index contributed by atoms with van der Waals surface area (Å²) in [4.78, 5) is 66.0. The molecule has 286 valence electrons. The quantitative estimate of drug-likeness (QED) is 0.0988. The Hall–Kier alpha value is -4.57. The monoisotopic (exact) mass is 754 g/mol. The fraction of sp³-hybridized carbons (Fsp3) is 0.488. The lowest BCUT2D eigenvalue weighted by Crippen LogP contribution is -2.41. The van der Waals surface area contributed by atoms with Gasteiger partial charge in [0.25, 0.3) is 11.8 Å².